The molecule has 0 radical (unpaired) electrons. The van der Waals surface area contributed by atoms with Crippen molar-refractivity contribution in [2.24, 2.45) is 0 Å². The van der Waals surface area contributed by atoms with Crippen molar-refractivity contribution in [3.05, 3.63) is 77.6 Å². The number of benzene rings is 3. The lowest BCUT2D eigenvalue weighted by Gasteiger charge is -2.11. The SMILES string of the molecule is O=Cc1cc2c(cc1-c1cccc(OCc3ccccc3F)c1)OCO2. The Morgan fingerprint density at radius 3 is 2.62 bits per heavy atom. The molecule has 1 heterocycles. The number of hydrogen-bond donors (Lipinski definition) is 0. The lowest BCUT2D eigenvalue weighted by Crippen LogP contribution is -1.98. The monoisotopic (exact) mass is 350 g/mol. The van der Waals surface area contributed by atoms with Crippen LogP contribution in [0.5, 0.6) is 17.2 Å². The highest BCUT2D eigenvalue weighted by Crippen LogP contribution is 2.38. The van der Waals surface area contributed by atoms with Crippen molar-refractivity contribution in [3.63, 3.8) is 0 Å². The molecule has 0 atom stereocenters. The molecule has 0 aliphatic carbocycles. The van der Waals surface area contributed by atoms with Gasteiger partial charge in [0.2, 0.25) is 6.79 Å². The lowest BCUT2D eigenvalue weighted by molar-refractivity contribution is 0.112. The molecule has 0 fully saturated rings. The quantitative estimate of drug-likeness (QED) is 0.630. The van der Waals surface area contributed by atoms with Crippen LogP contribution in [0.3, 0.4) is 0 Å². The molecule has 4 rings (SSSR count). The van der Waals surface area contributed by atoms with E-state index in [1.54, 1.807) is 36.4 Å². The van der Waals surface area contributed by atoms with Gasteiger partial charge in [0.25, 0.3) is 0 Å². The van der Waals surface area contributed by atoms with E-state index in [0.717, 1.165) is 17.4 Å². The predicted molar refractivity (Wildman–Crippen MR) is 94.1 cm³/mol. The van der Waals surface area contributed by atoms with Gasteiger partial charge in [0, 0.05) is 11.1 Å². The van der Waals surface area contributed by atoms with Gasteiger partial charge in [-0.2, -0.15) is 0 Å². The first-order chi connectivity index (χ1) is 12.7. The maximum absolute atomic E-state index is 13.7. The first kappa shape index (κ1) is 16.1. The Balaban J connectivity index is 1.62. The minimum absolute atomic E-state index is 0.123. The second-order valence-corrected chi connectivity index (χ2v) is 5.82. The topological polar surface area (TPSA) is 44.8 Å². The summed E-state index contributed by atoms with van der Waals surface area (Å²) in [5, 5.41) is 0. The van der Waals surface area contributed by atoms with E-state index in [1.165, 1.54) is 6.07 Å². The second-order valence-electron chi connectivity index (χ2n) is 5.82. The third kappa shape index (κ3) is 3.11. The standard InChI is InChI=1S/C21H15FO4/c22-19-7-2-1-4-15(19)12-24-17-6-3-5-14(8-17)18-10-21-20(25-13-26-21)9-16(18)11-23/h1-11H,12-13H2. The van der Waals surface area contributed by atoms with Crippen LogP contribution >= 0.6 is 0 Å². The van der Waals surface area contributed by atoms with Gasteiger partial charge in [0.1, 0.15) is 18.2 Å². The van der Waals surface area contributed by atoms with Crippen molar-refractivity contribution >= 4 is 6.29 Å². The Morgan fingerprint density at radius 2 is 1.81 bits per heavy atom. The first-order valence-corrected chi connectivity index (χ1v) is 8.10. The van der Waals surface area contributed by atoms with E-state index in [9.17, 15) is 9.18 Å². The summed E-state index contributed by atoms with van der Waals surface area (Å²) in [5.41, 5.74) is 2.51. The summed E-state index contributed by atoms with van der Waals surface area (Å²) in [4.78, 5) is 11.5. The Hall–Kier alpha value is -3.34. The number of aldehydes is 1. The normalized spacial score (nSPS) is 12.0. The van der Waals surface area contributed by atoms with Crippen LogP contribution in [0.1, 0.15) is 15.9 Å². The molecule has 26 heavy (non-hydrogen) atoms. The Labute approximate surface area is 149 Å². The van der Waals surface area contributed by atoms with E-state index in [-0.39, 0.29) is 19.2 Å². The average molecular weight is 350 g/mol. The van der Waals surface area contributed by atoms with Crippen molar-refractivity contribution in [1.29, 1.82) is 0 Å². The summed E-state index contributed by atoms with van der Waals surface area (Å²) in [6.07, 6.45) is 0.782. The van der Waals surface area contributed by atoms with Gasteiger partial charge in [-0.3, -0.25) is 4.79 Å². The number of ether oxygens (including phenoxy) is 3. The summed E-state index contributed by atoms with van der Waals surface area (Å²) < 4.78 is 30.1. The molecule has 0 amide bonds. The number of rotatable bonds is 5. The molecule has 5 heteroatoms. The van der Waals surface area contributed by atoms with Gasteiger partial charge < -0.3 is 14.2 Å². The molecule has 1 aliphatic rings. The van der Waals surface area contributed by atoms with E-state index >= 15 is 0 Å². The molecule has 0 N–H and O–H groups in total. The largest absolute Gasteiger partial charge is 0.489 e. The molecule has 0 saturated carbocycles. The van der Waals surface area contributed by atoms with Crippen molar-refractivity contribution in [2.75, 3.05) is 6.79 Å². The fraction of sp³-hybridized carbons (Fsp3) is 0.0952. The van der Waals surface area contributed by atoms with Crippen LogP contribution in [-0.4, -0.2) is 13.1 Å². The molecule has 4 nitrogen and oxygen atoms in total. The highest BCUT2D eigenvalue weighted by atomic mass is 19.1. The molecule has 0 spiro atoms. The van der Waals surface area contributed by atoms with E-state index in [2.05, 4.69) is 0 Å². The zero-order valence-electron chi connectivity index (χ0n) is 13.8. The molecule has 3 aromatic rings. The summed E-state index contributed by atoms with van der Waals surface area (Å²) in [6.45, 7) is 0.265. The zero-order chi connectivity index (χ0) is 17.9. The number of hydrogen-bond acceptors (Lipinski definition) is 4. The highest BCUT2D eigenvalue weighted by Gasteiger charge is 2.18. The molecule has 0 aromatic heterocycles. The highest BCUT2D eigenvalue weighted by molar-refractivity contribution is 5.89. The van der Waals surface area contributed by atoms with Gasteiger partial charge in [0.15, 0.2) is 17.8 Å². The Bertz CT molecular complexity index is 968. The van der Waals surface area contributed by atoms with Crippen LogP contribution in [0.25, 0.3) is 11.1 Å². The smallest absolute Gasteiger partial charge is 0.231 e. The predicted octanol–water partition coefficient (Wildman–Crippen LogP) is 4.61. The van der Waals surface area contributed by atoms with E-state index in [0.29, 0.717) is 28.4 Å². The van der Waals surface area contributed by atoms with E-state index in [4.69, 9.17) is 14.2 Å². The summed E-state index contributed by atoms with van der Waals surface area (Å²) in [6, 6.07) is 17.2. The zero-order valence-corrected chi connectivity index (χ0v) is 13.8. The molecule has 130 valence electrons. The number of carbonyl (C=O) groups is 1. The van der Waals surface area contributed by atoms with Gasteiger partial charge in [-0.15, -0.1) is 0 Å². The maximum Gasteiger partial charge on any atom is 0.231 e. The molecule has 0 bridgehead atoms. The van der Waals surface area contributed by atoms with E-state index in [1.807, 2.05) is 18.2 Å². The fourth-order valence-corrected chi connectivity index (χ4v) is 2.84. The molecule has 0 saturated heterocycles. The van der Waals surface area contributed by atoms with E-state index < -0.39 is 0 Å². The maximum atomic E-state index is 13.7. The van der Waals surface area contributed by atoms with Crippen molar-refractivity contribution in [3.8, 4) is 28.4 Å². The van der Waals surface area contributed by atoms with Gasteiger partial charge in [-0.1, -0.05) is 30.3 Å². The average Bonchev–Trinajstić information content (AvgIpc) is 3.14. The summed E-state index contributed by atoms with van der Waals surface area (Å²) in [5.74, 6) is 1.44. The van der Waals surface area contributed by atoms with Crippen LogP contribution in [0.2, 0.25) is 0 Å². The minimum atomic E-state index is -0.303. The van der Waals surface area contributed by atoms with Crippen LogP contribution in [0.4, 0.5) is 4.39 Å². The first-order valence-electron chi connectivity index (χ1n) is 8.10. The van der Waals surface area contributed by atoms with Gasteiger partial charge in [0.05, 0.1) is 0 Å². The molecule has 1 aliphatic heterocycles. The van der Waals surface area contributed by atoms with Crippen molar-refractivity contribution in [1.82, 2.24) is 0 Å². The van der Waals surface area contributed by atoms with Crippen molar-refractivity contribution in [2.45, 2.75) is 6.61 Å². The fourth-order valence-electron chi connectivity index (χ4n) is 2.84. The third-order valence-corrected chi connectivity index (χ3v) is 4.17. The molecular weight excluding hydrogens is 335 g/mol. The minimum Gasteiger partial charge on any atom is -0.489 e. The van der Waals surface area contributed by atoms with Gasteiger partial charge in [-0.25, -0.2) is 4.39 Å². The lowest BCUT2D eigenvalue weighted by atomic mass is 9.99. The Morgan fingerprint density at radius 1 is 1.00 bits per heavy atom. The third-order valence-electron chi connectivity index (χ3n) is 4.17. The second kappa shape index (κ2) is 6.88. The van der Waals surface area contributed by atoms with Crippen molar-refractivity contribution < 1.29 is 23.4 Å². The number of carbonyl (C=O) groups excluding carboxylic acids is 1. The summed E-state index contributed by atoms with van der Waals surface area (Å²) >= 11 is 0. The van der Waals surface area contributed by atoms with Gasteiger partial charge >= 0.3 is 0 Å². The van der Waals surface area contributed by atoms with Crippen LogP contribution in [0, 0.1) is 5.82 Å². The van der Waals surface area contributed by atoms with Crippen LogP contribution in [-0.2, 0) is 6.61 Å². The summed E-state index contributed by atoms with van der Waals surface area (Å²) in [7, 11) is 0. The molecular formula is C21H15FO4. The molecule has 3 aromatic carbocycles. The van der Waals surface area contributed by atoms with Gasteiger partial charge in [-0.05, 0) is 41.5 Å². The molecule has 0 unspecified atom stereocenters. The number of fused-ring (bicyclic) bond motifs is 1. The Kier molecular flexibility index (Phi) is 4.27. The van der Waals surface area contributed by atoms with Crippen LogP contribution in [0.15, 0.2) is 60.7 Å². The number of halogens is 1. The van der Waals surface area contributed by atoms with Crippen LogP contribution < -0.4 is 14.2 Å².